The number of nitrogens with zero attached hydrogens (tertiary/aromatic N) is 1. The molecule has 1 rings (SSSR count). The molecule has 0 aliphatic heterocycles. The minimum Gasteiger partial charge on any atom is -0.497 e. The van der Waals surface area contributed by atoms with Crippen LogP contribution in [-0.2, 0) is 4.79 Å². The molecule has 0 aliphatic carbocycles. The lowest BCUT2D eigenvalue weighted by molar-refractivity contribution is -0.109. The second kappa shape index (κ2) is 6.48. The summed E-state index contributed by atoms with van der Waals surface area (Å²) in [6.07, 6.45) is 2.45. The Balaban J connectivity index is 3.04. The SMILES string of the molecule is COc1ccc(/C(C=C(C)C)=N/NC=O)cc1. The van der Waals surface area contributed by atoms with Crippen molar-refractivity contribution < 1.29 is 9.53 Å². The monoisotopic (exact) mass is 232 g/mol. The summed E-state index contributed by atoms with van der Waals surface area (Å²) in [4.78, 5) is 10.3. The first-order valence-electron chi connectivity index (χ1n) is 5.23. The van der Waals surface area contributed by atoms with E-state index in [9.17, 15) is 4.79 Å². The van der Waals surface area contributed by atoms with Crippen molar-refractivity contribution in [1.29, 1.82) is 0 Å². The maximum absolute atomic E-state index is 10.3. The summed E-state index contributed by atoms with van der Waals surface area (Å²) in [5, 5.41) is 3.99. The quantitative estimate of drug-likeness (QED) is 0.480. The average Bonchev–Trinajstić information content (AvgIpc) is 2.34. The Hall–Kier alpha value is -2.10. The second-order valence-corrected chi connectivity index (χ2v) is 3.69. The van der Waals surface area contributed by atoms with Gasteiger partial charge in [-0.1, -0.05) is 5.57 Å². The predicted molar refractivity (Wildman–Crippen MR) is 68.2 cm³/mol. The van der Waals surface area contributed by atoms with Crippen LogP contribution in [-0.4, -0.2) is 19.2 Å². The normalized spacial score (nSPS) is 10.6. The first kappa shape index (κ1) is 13.0. The van der Waals surface area contributed by atoms with Gasteiger partial charge in [0.25, 0.3) is 0 Å². The molecular weight excluding hydrogens is 216 g/mol. The molecule has 0 saturated heterocycles. The fourth-order valence-corrected chi connectivity index (χ4v) is 1.31. The first-order chi connectivity index (χ1) is 8.17. The fourth-order valence-electron chi connectivity index (χ4n) is 1.31. The molecule has 0 unspecified atom stereocenters. The Bertz CT molecular complexity index is 429. The lowest BCUT2D eigenvalue weighted by Gasteiger charge is -2.04. The zero-order valence-corrected chi connectivity index (χ0v) is 10.2. The van der Waals surface area contributed by atoms with Gasteiger partial charge in [-0.15, -0.1) is 0 Å². The van der Waals surface area contributed by atoms with E-state index in [1.54, 1.807) is 7.11 Å². The molecule has 0 fully saturated rings. The molecule has 4 nitrogen and oxygen atoms in total. The number of ether oxygens (including phenoxy) is 1. The number of hydrogen-bond acceptors (Lipinski definition) is 3. The van der Waals surface area contributed by atoms with Crippen LogP contribution in [0.5, 0.6) is 5.75 Å². The fraction of sp³-hybridized carbons (Fsp3) is 0.231. The Morgan fingerprint density at radius 2 is 1.94 bits per heavy atom. The van der Waals surface area contributed by atoms with Crippen molar-refractivity contribution in [2.45, 2.75) is 13.8 Å². The summed E-state index contributed by atoms with van der Waals surface area (Å²) in [7, 11) is 1.62. The molecule has 1 aromatic carbocycles. The van der Waals surface area contributed by atoms with Crippen LogP contribution in [0.2, 0.25) is 0 Å². The molecule has 0 radical (unpaired) electrons. The number of allylic oxidation sites excluding steroid dienone is 2. The van der Waals surface area contributed by atoms with E-state index in [0.29, 0.717) is 12.1 Å². The smallest absolute Gasteiger partial charge is 0.227 e. The molecule has 90 valence electrons. The van der Waals surface area contributed by atoms with Crippen LogP contribution >= 0.6 is 0 Å². The van der Waals surface area contributed by atoms with E-state index in [1.165, 1.54) is 0 Å². The molecule has 0 aromatic heterocycles. The first-order valence-corrected chi connectivity index (χ1v) is 5.23. The highest BCUT2D eigenvalue weighted by atomic mass is 16.5. The number of rotatable bonds is 5. The van der Waals surface area contributed by atoms with Crippen molar-refractivity contribution in [3.8, 4) is 5.75 Å². The van der Waals surface area contributed by atoms with Crippen LogP contribution in [0.3, 0.4) is 0 Å². The highest BCUT2D eigenvalue weighted by Gasteiger charge is 2.01. The summed E-state index contributed by atoms with van der Waals surface area (Å²) < 4.78 is 5.08. The Morgan fingerprint density at radius 3 is 2.41 bits per heavy atom. The van der Waals surface area contributed by atoms with Crippen molar-refractivity contribution in [2.75, 3.05) is 7.11 Å². The van der Waals surface area contributed by atoms with Crippen LogP contribution in [0.1, 0.15) is 19.4 Å². The van der Waals surface area contributed by atoms with E-state index in [4.69, 9.17) is 4.74 Å². The van der Waals surface area contributed by atoms with Gasteiger partial charge >= 0.3 is 0 Å². The summed E-state index contributed by atoms with van der Waals surface area (Å²) in [6.45, 7) is 3.94. The van der Waals surface area contributed by atoms with Crippen LogP contribution in [0, 0.1) is 0 Å². The third-order valence-corrected chi connectivity index (χ3v) is 2.05. The third-order valence-electron chi connectivity index (χ3n) is 2.05. The van der Waals surface area contributed by atoms with Gasteiger partial charge < -0.3 is 4.74 Å². The van der Waals surface area contributed by atoms with Gasteiger partial charge in [0.1, 0.15) is 5.75 Å². The number of carbonyl (C=O) groups is 1. The predicted octanol–water partition coefficient (Wildman–Crippen LogP) is 2.11. The van der Waals surface area contributed by atoms with E-state index < -0.39 is 0 Å². The summed E-state index contributed by atoms with van der Waals surface area (Å²) in [5.41, 5.74) is 5.04. The van der Waals surface area contributed by atoms with Gasteiger partial charge in [-0.2, -0.15) is 5.10 Å². The molecular formula is C13H16N2O2. The van der Waals surface area contributed by atoms with E-state index in [0.717, 1.165) is 16.9 Å². The molecule has 0 heterocycles. The molecule has 0 aliphatic rings. The minimum absolute atomic E-state index is 0.544. The zero-order chi connectivity index (χ0) is 12.7. The van der Waals surface area contributed by atoms with E-state index in [-0.39, 0.29) is 0 Å². The molecule has 4 heteroatoms. The van der Waals surface area contributed by atoms with Gasteiger partial charge in [0.15, 0.2) is 0 Å². The van der Waals surface area contributed by atoms with Gasteiger partial charge in [-0.25, -0.2) is 5.43 Å². The molecule has 17 heavy (non-hydrogen) atoms. The van der Waals surface area contributed by atoms with E-state index in [2.05, 4.69) is 10.5 Å². The Morgan fingerprint density at radius 1 is 1.29 bits per heavy atom. The highest BCUT2D eigenvalue weighted by molar-refractivity contribution is 6.09. The molecule has 0 saturated carbocycles. The number of carbonyl (C=O) groups excluding carboxylic acids is 1. The molecule has 0 atom stereocenters. The van der Waals surface area contributed by atoms with E-state index in [1.807, 2.05) is 44.2 Å². The number of benzene rings is 1. The van der Waals surface area contributed by atoms with Crippen molar-refractivity contribution in [3.05, 3.63) is 41.5 Å². The number of hydrogen-bond donors (Lipinski definition) is 1. The second-order valence-electron chi connectivity index (χ2n) is 3.69. The topological polar surface area (TPSA) is 50.7 Å². The molecule has 0 bridgehead atoms. The van der Waals surface area contributed by atoms with Crippen LogP contribution in [0.4, 0.5) is 0 Å². The van der Waals surface area contributed by atoms with Crippen LogP contribution in [0.25, 0.3) is 0 Å². The molecule has 0 spiro atoms. The number of hydrazone groups is 1. The zero-order valence-electron chi connectivity index (χ0n) is 10.2. The van der Waals surface area contributed by atoms with E-state index >= 15 is 0 Å². The minimum atomic E-state index is 0.544. The van der Waals surface area contributed by atoms with Crippen molar-refractivity contribution in [1.82, 2.24) is 5.43 Å². The van der Waals surface area contributed by atoms with Crippen LogP contribution < -0.4 is 10.2 Å². The Labute approximate surface area is 101 Å². The maximum atomic E-state index is 10.3. The maximum Gasteiger partial charge on any atom is 0.227 e. The average molecular weight is 232 g/mol. The van der Waals surface area contributed by atoms with Crippen molar-refractivity contribution >= 4 is 12.1 Å². The van der Waals surface area contributed by atoms with Crippen molar-refractivity contribution in [3.63, 3.8) is 0 Å². The van der Waals surface area contributed by atoms with Crippen molar-refractivity contribution in [2.24, 2.45) is 5.10 Å². The largest absolute Gasteiger partial charge is 0.497 e. The number of methoxy groups -OCH3 is 1. The molecule has 1 amide bonds. The highest BCUT2D eigenvalue weighted by Crippen LogP contribution is 2.13. The standard InChI is InChI=1S/C13H16N2O2/c1-10(2)8-13(15-14-9-16)11-4-6-12(17-3)7-5-11/h4-9H,1-3H3,(H,14,16)/b15-13+. The van der Waals surface area contributed by atoms with Gasteiger partial charge in [0, 0.05) is 5.56 Å². The van der Waals surface area contributed by atoms with Gasteiger partial charge in [-0.05, 0) is 44.2 Å². The summed E-state index contributed by atoms with van der Waals surface area (Å²) >= 11 is 0. The van der Waals surface area contributed by atoms with Gasteiger partial charge in [-0.3, -0.25) is 4.79 Å². The number of nitrogens with one attached hydrogen (secondary N) is 1. The molecule has 1 aromatic rings. The lowest BCUT2D eigenvalue weighted by atomic mass is 10.1. The number of amides is 1. The van der Waals surface area contributed by atoms with Gasteiger partial charge in [0.05, 0.1) is 12.8 Å². The Kier molecular flexibility index (Phi) is 4.94. The van der Waals surface area contributed by atoms with Crippen LogP contribution in [0.15, 0.2) is 41.0 Å². The summed E-state index contributed by atoms with van der Waals surface area (Å²) in [6, 6.07) is 7.49. The van der Waals surface area contributed by atoms with Gasteiger partial charge in [0.2, 0.25) is 6.41 Å². The third kappa shape index (κ3) is 4.10. The molecule has 1 N–H and O–H groups in total. The lowest BCUT2D eigenvalue weighted by Crippen LogP contribution is -2.08. The summed E-state index contributed by atoms with van der Waals surface area (Å²) in [5.74, 6) is 0.786.